The third-order valence-corrected chi connectivity index (χ3v) is 1.57. The molecule has 1 rings (SSSR count). The zero-order chi connectivity index (χ0) is 8.65. The largest absolute Gasteiger partial charge is 0.198 e. The van der Waals surface area contributed by atoms with Crippen molar-refractivity contribution in [3.63, 3.8) is 0 Å². The van der Waals surface area contributed by atoms with Gasteiger partial charge in [-0.05, 0) is 12.0 Å². The number of hydrogen-bond donors (Lipinski definition) is 0. The summed E-state index contributed by atoms with van der Waals surface area (Å²) < 4.78 is 0. The number of hydrogen-bond acceptors (Lipinski definition) is 1. The molecule has 0 saturated carbocycles. The maximum atomic E-state index is 8.26. The van der Waals surface area contributed by atoms with Crippen LogP contribution >= 0.6 is 0 Å². The predicted octanol–water partition coefficient (Wildman–Crippen LogP) is 2.70. The Labute approximate surface area is 73.0 Å². The van der Waals surface area contributed by atoms with Gasteiger partial charge in [-0.1, -0.05) is 42.5 Å². The van der Waals surface area contributed by atoms with Crippen LogP contribution in [0.4, 0.5) is 0 Å². The monoisotopic (exact) mass is 157 g/mol. The molecule has 0 saturated heterocycles. The second-order valence-electron chi connectivity index (χ2n) is 2.52. The van der Waals surface area contributed by atoms with Crippen molar-refractivity contribution in [3.8, 4) is 6.07 Å². The SMILES string of the molecule is N#CC/C=C\Cc1ccccc1. The molecule has 0 fully saturated rings. The van der Waals surface area contributed by atoms with Crippen LogP contribution in [0.25, 0.3) is 0 Å². The Morgan fingerprint density at radius 2 is 1.92 bits per heavy atom. The summed E-state index contributed by atoms with van der Waals surface area (Å²) in [4.78, 5) is 0. The summed E-state index contributed by atoms with van der Waals surface area (Å²) in [6.07, 6.45) is 5.35. The van der Waals surface area contributed by atoms with Gasteiger partial charge in [-0.25, -0.2) is 0 Å². The summed E-state index contributed by atoms with van der Waals surface area (Å²) in [5.41, 5.74) is 1.28. The molecule has 0 aromatic heterocycles. The van der Waals surface area contributed by atoms with E-state index < -0.39 is 0 Å². The zero-order valence-electron chi connectivity index (χ0n) is 6.90. The van der Waals surface area contributed by atoms with E-state index in [0.29, 0.717) is 6.42 Å². The number of benzene rings is 1. The molecule has 60 valence electrons. The van der Waals surface area contributed by atoms with Gasteiger partial charge in [0.15, 0.2) is 0 Å². The van der Waals surface area contributed by atoms with Crippen molar-refractivity contribution in [3.05, 3.63) is 48.0 Å². The standard InChI is InChI=1S/C11H11N/c12-10-6-2-5-9-11-7-3-1-4-8-11/h1-5,7-8H,6,9H2/b5-2-. The van der Waals surface area contributed by atoms with Gasteiger partial charge in [-0.2, -0.15) is 5.26 Å². The fourth-order valence-corrected chi connectivity index (χ4v) is 0.970. The molecule has 0 unspecified atom stereocenters. The average molecular weight is 157 g/mol. The van der Waals surface area contributed by atoms with Crippen molar-refractivity contribution in [1.29, 1.82) is 5.26 Å². The molecule has 12 heavy (non-hydrogen) atoms. The topological polar surface area (TPSA) is 23.8 Å². The Hall–Kier alpha value is -1.55. The van der Waals surface area contributed by atoms with Gasteiger partial charge >= 0.3 is 0 Å². The first-order valence-corrected chi connectivity index (χ1v) is 3.99. The van der Waals surface area contributed by atoms with Crippen molar-refractivity contribution in [1.82, 2.24) is 0 Å². The fourth-order valence-electron chi connectivity index (χ4n) is 0.970. The summed E-state index contributed by atoms with van der Waals surface area (Å²) >= 11 is 0. The first-order chi connectivity index (χ1) is 5.93. The summed E-state index contributed by atoms with van der Waals surface area (Å²) in [7, 11) is 0. The Bertz CT molecular complexity index is 280. The van der Waals surface area contributed by atoms with Gasteiger partial charge in [0, 0.05) is 0 Å². The Kier molecular flexibility index (Phi) is 3.67. The van der Waals surface area contributed by atoms with Crippen LogP contribution < -0.4 is 0 Å². The van der Waals surface area contributed by atoms with Crippen LogP contribution in [0.15, 0.2) is 42.5 Å². The third kappa shape index (κ3) is 3.03. The summed E-state index contributed by atoms with van der Waals surface area (Å²) in [5.74, 6) is 0. The van der Waals surface area contributed by atoms with Crippen LogP contribution in [-0.2, 0) is 6.42 Å². The average Bonchev–Trinajstić information content (AvgIpc) is 2.14. The molecule has 0 atom stereocenters. The Morgan fingerprint density at radius 1 is 1.17 bits per heavy atom. The maximum Gasteiger partial charge on any atom is 0.0663 e. The van der Waals surface area contributed by atoms with Gasteiger partial charge < -0.3 is 0 Å². The van der Waals surface area contributed by atoms with Crippen LogP contribution in [0.3, 0.4) is 0 Å². The molecule has 0 aliphatic heterocycles. The van der Waals surface area contributed by atoms with Crippen molar-refractivity contribution < 1.29 is 0 Å². The number of allylic oxidation sites excluding steroid dienone is 2. The van der Waals surface area contributed by atoms with E-state index in [2.05, 4.69) is 18.2 Å². The van der Waals surface area contributed by atoms with Gasteiger partial charge in [0.2, 0.25) is 0 Å². The summed E-state index contributed by atoms with van der Waals surface area (Å²) in [6, 6.07) is 12.3. The second kappa shape index (κ2) is 5.15. The highest BCUT2D eigenvalue weighted by molar-refractivity contribution is 5.17. The molecule has 0 amide bonds. The van der Waals surface area contributed by atoms with E-state index in [4.69, 9.17) is 5.26 Å². The molecule has 0 aliphatic rings. The minimum absolute atomic E-state index is 0.507. The molecular weight excluding hydrogens is 146 g/mol. The normalized spacial score (nSPS) is 9.92. The number of rotatable bonds is 3. The van der Waals surface area contributed by atoms with E-state index in [1.165, 1.54) is 5.56 Å². The highest BCUT2D eigenvalue weighted by Gasteiger charge is 1.84. The number of nitrogens with zero attached hydrogens (tertiary/aromatic N) is 1. The molecule has 0 bridgehead atoms. The maximum absolute atomic E-state index is 8.26. The van der Waals surface area contributed by atoms with Gasteiger partial charge in [0.25, 0.3) is 0 Å². The van der Waals surface area contributed by atoms with Crippen molar-refractivity contribution in [2.24, 2.45) is 0 Å². The van der Waals surface area contributed by atoms with Crippen molar-refractivity contribution >= 4 is 0 Å². The smallest absolute Gasteiger partial charge is 0.0663 e. The fraction of sp³-hybridized carbons (Fsp3) is 0.182. The van der Waals surface area contributed by atoms with E-state index in [-0.39, 0.29) is 0 Å². The Balaban J connectivity index is 2.39. The summed E-state index contributed by atoms with van der Waals surface area (Å²) in [6.45, 7) is 0. The lowest BCUT2D eigenvalue weighted by Gasteiger charge is -1.92. The molecule has 0 radical (unpaired) electrons. The minimum atomic E-state index is 0.507. The minimum Gasteiger partial charge on any atom is -0.198 e. The molecule has 0 spiro atoms. The van der Waals surface area contributed by atoms with Gasteiger partial charge in [-0.3, -0.25) is 0 Å². The van der Waals surface area contributed by atoms with Crippen molar-refractivity contribution in [2.75, 3.05) is 0 Å². The highest BCUT2D eigenvalue weighted by Crippen LogP contribution is 2.00. The molecule has 0 N–H and O–H groups in total. The van der Waals surface area contributed by atoms with E-state index in [9.17, 15) is 0 Å². The molecule has 1 aromatic carbocycles. The van der Waals surface area contributed by atoms with Crippen molar-refractivity contribution in [2.45, 2.75) is 12.8 Å². The lowest BCUT2D eigenvalue weighted by molar-refractivity contribution is 1.24. The van der Waals surface area contributed by atoms with E-state index in [1.54, 1.807) is 0 Å². The first kappa shape index (κ1) is 8.55. The quantitative estimate of drug-likeness (QED) is 0.619. The van der Waals surface area contributed by atoms with E-state index in [0.717, 1.165) is 6.42 Å². The molecule has 0 aliphatic carbocycles. The molecule has 1 heteroatoms. The van der Waals surface area contributed by atoms with Crippen LogP contribution in [0.5, 0.6) is 0 Å². The van der Waals surface area contributed by atoms with Crippen LogP contribution in [-0.4, -0.2) is 0 Å². The second-order valence-corrected chi connectivity index (χ2v) is 2.52. The zero-order valence-corrected chi connectivity index (χ0v) is 6.90. The van der Waals surface area contributed by atoms with Crippen LogP contribution in [0, 0.1) is 11.3 Å². The van der Waals surface area contributed by atoms with Crippen LogP contribution in [0.1, 0.15) is 12.0 Å². The van der Waals surface area contributed by atoms with Gasteiger partial charge in [-0.15, -0.1) is 0 Å². The lowest BCUT2D eigenvalue weighted by Crippen LogP contribution is -1.77. The highest BCUT2D eigenvalue weighted by atomic mass is 14.2. The third-order valence-electron chi connectivity index (χ3n) is 1.57. The van der Waals surface area contributed by atoms with Gasteiger partial charge in [0.05, 0.1) is 12.5 Å². The number of nitriles is 1. The van der Waals surface area contributed by atoms with Crippen LogP contribution in [0.2, 0.25) is 0 Å². The van der Waals surface area contributed by atoms with Gasteiger partial charge in [0.1, 0.15) is 0 Å². The van der Waals surface area contributed by atoms with E-state index in [1.807, 2.05) is 30.4 Å². The van der Waals surface area contributed by atoms with E-state index >= 15 is 0 Å². The molecule has 0 heterocycles. The lowest BCUT2D eigenvalue weighted by atomic mass is 10.1. The molecule has 1 aromatic rings. The summed E-state index contributed by atoms with van der Waals surface area (Å²) in [5, 5.41) is 8.26. The Morgan fingerprint density at radius 3 is 2.58 bits per heavy atom. The molecule has 1 nitrogen and oxygen atoms in total. The molecular formula is C11H11N. The first-order valence-electron chi connectivity index (χ1n) is 3.99. The predicted molar refractivity (Wildman–Crippen MR) is 49.5 cm³/mol.